The second-order valence-corrected chi connectivity index (χ2v) is 7.72. The lowest BCUT2D eigenvalue weighted by molar-refractivity contribution is -0.136. The molecule has 1 fully saturated rings. The molecule has 2 aromatic rings. The van der Waals surface area contributed by atoms with Crippen molar-refractivity contribution in [3.05, 3.63) is 63.4 Å². The molecule has 31 heavy (non-hydrogen) atoms. The fourth-order valence-electron chi connectivity index (χ4n) is 3.72. The molecule has 3 N–H and O–H groups in total. The molecule has 8 nitrogen and oxygen atoms in total. The lowest BCUT2D eigenvalue weighted by Gasteiger charge is -2.29. The van der Waals surface area contributed by atoms with Crippen molar-refractivity contribution < 1.29 is 28.7 Å². The van der Waals surface area contributed by atoms with Crippen LogP contribution in [0, 0.1) is 5.82 Å². The normalized spacial score (nSPS) is 18.1. The molecule has 2 heterocycles. The van der Waals surface area contributed by atoms with Gasteiger partial charge in [-0.25, -0.2) is 4.39 Å². The highest BCUT2D eigenvalue weighted by molar-refractivity contribution is 6.32. The summed E-state index contributed by atoms with van der Waals surface area (Å²) < 4.78 is 15.1. The van der Waals surface area contributed by atoms with E-state index in [1.807, 2.05) is 0 Å². The zero-order chi connectivity index (χ0) is 22.3. The van der Waals surface area contributed by atoms with Crippen LogP contribution in [0.5, 0.6) is 5.75 Å². The standard InChI is InChI=1S/C21H17ClFN3O5/c22-14-4-2-10(7-16(14)27)19(29)24-8-11-1-3-12-13(18(11)23)9-26(21(12)31)15-5-6-17(28)25-20(15)30/h1-4,7,15,27H,5-6,8-9H2,(H,24,29)(H,25,28,30). The predicted molar refractivity (Wildman–Crippen MR) is 107 cm³/mol. The van der Waals surface area contributed by atoms with Gasteiger partial charge in [-0.15, -0.1) is 0 Å². The Morgan fingerprint density at radius 2 is 2.03 bits per heavy atom. The first-order chi connectivity index (χ1) is 14.8. The van der Waals surface area contributed by atoms with Crippen LogP contribution < -0.4 is 10.6 Å². The van der Waals surface area contributed by atoms with Crippen LogP contribution in [0.4, 0.5) is 4.39 Å². The molecule has 1 saturated heterocycles. The highest BCUT2D eigenvalue weighted by Gasteiger charge is 2.40. The van der Waals surface area contributed by atoms with Crippen molar-refractivity contribution in [3.63, 3.8) is 0 Å². The van der Waals surface area contributed by atoms with Crippen molar-refractivity contribution in [2.75, 3.05) is 0 Å². The first-order valence-corrected chi connectivity index (χ1v) is 9.85. The summed E-state index contributed by atoms with van der Waals surface area (Å²) in [7, 11) is 0. The van der Waals surface area contributed by atoms with E-state index in [9.17, 15) is 24.3 Å². The maximum atomic E-state index is 15.1. The molecule has 2 aliphatic heterocycles. The Balaban J connectivity index is 1.49. The van der Waals surface area contributed by atoms with Gasteiger partial charge in [0, 0.05) is 35.2 Å². The van der Waals surface area contributed by atoms with Crippen molar-refractivity contribution in [2.24, 2.45) is 0 Å². The summed E-state index contributed by atoms with van der Waals surface area (Å²) in [4.78, 5) is 49.7. The molecule has 1 atom stereocenters. The average molecular weight is 446 g/mol. The Morgan fingerprint density at radius 1 is 1.26 bits per heavy atom. The fraction of sp³-hybridized carbons (Fsp3) is 0.238. The SMILES string of the molecule is O=C1CCC(N2Cc3c(ccc(CNC(=O)c4ccc(Cl)c(O)c4)c3F)C2=O)C(=O)N1. The maximum Gasteiger partial charge on any atom is 0.255 e. The summed E-state index contributed by atoms with van der Waals surface area (Å²) in [6, 6.07) is 6.02. The van der Waals surface area contributed by atoms with E-state index in [-0.39, 0.29) is 59.0 Å². The summed E-state index contributed by atoms with van der Waals surface area (Å²) in [5, 5.41) is 14.5. The topological polar surface area (TPSA) is 116 Å². The number of amides is 4. The van der Waals surface area contributed by atoms with E-state index in [1.165, 1.54) is 35.2 Å². The number of aromatic hydroxyl groups is 1. The number of benzene rings is 2. The summed E-state index contributed by atoms with van der Waals surface area (Å²) >= 11 is 5.72. The average Bonchev–Trinajstić information content (AvgIpc) is 3.06. The number of phenols is 1. The molecule has 4 amide bonds. The molecular formula is C21H17ClFN3O5. The molecule has 0 spiro atoms. The van der Waals surface area contributed by atoms with Gasteiger partial charge in [-0.05, 0) is 30.7 Å². The van der Waals surface area contributed by atoms with Gasteiger partial charge in [0.15, 0.2) is 0 Å². The number of phenolic OH excluding ortho intramolecular Hbond substituents is 1. The fourth-order valence-corrected chi connectivity index (χ4v) is 3.84. The molecule has 0 aliphatic carbocycles. The Morgan fingerprint density at radius 3 is 2.74 bits per heavy atom. The molecule has 160 valence electrons. The van der Waals surface area contributed by atoms with Gasteiger partial charge >= 0.3 is 0 Å². The van der Waals surface area contributed by atoms with Crippen LogP contribution in [-0.2, 0) is 22.7 Å². The Kier molecular flexibility index (Phi) is 5.36. The van der Waals surface area contributed by atoms with Crippen LogP contribution in [0.15, 0.2) is 30.3 Å². The van der Waals surface area contributed by atoms with Crippen molar-refractivity contribution in [3.8, 4) is 5.75 Å². The number of hydrogen-bond donors (Lipinski definition) is 3. The van der Waals surface area contributed by atoms with Crippen LogP contribution in [-0.4, -0.2) is 39.7 Å². The van der Waals surface area contributed by atoms with Gasteiger partial charge in [0.2, 0.25) is 11.8 Å². The van der Waals surface area contributed by atoms with Crippen molar-refractivity contribution in [1.29, 1.82) is 0 Å². The highest BCUT2D eigenvalue weighted by Crippen LogP contribution is 2.31. The smallest absolute Gasteiger partial charge is 0.255 e. The second-order valence-electron chi connectivity index (χ2n) is 7.31. The number of carbonyl (C=O) groups is 4. The van der Waals surface area contributed by atoms with E-state index >= 15 is 4.39 Å². The molecule has 1 unspecified atom stereocenters. The largest absolute Gasteiger partial charge is 0.506 e. The minimum atomic E-state index is -0.835. The zero-order valence-corrected chi connectivity index (χ0v) is 16.8. The molecular weight excluding hydrogens is 429 g/mol. The van der Waals surface area contributed by atoms with Gasteiger partial charge in [-0.3, -0.25) is 24.5 Å². The Hall–Kier alpha value is -3.46. The van der Waals surface area contributed by atoms with Gasteiger partial charge in [0.25, 0.3) is 11.8 Å². The molecule has 2 aromatic carbocycles. The summed E-state index contributed by atoms with van der Waals surface area (Å²) in [5.41, 5.74) is 0.622. The molecule has 0 bridgehead atoms. The van der Waals surface area contributed by atoms with Gasteiger partial charge in [-0.2, -0.15) is 0 Å². The third kappa shape index (κ3) is 3.84. The lowest BCUT2D eigenvalue weighted by atomic mass is 10.0. The number of nitrogens with one attached hydrogen (secondary N) is 2. The van der Waals surface area contributed by atoms with Gasteiger partial charge in [0.05, 0.1) is 11.6 Å². The number of hydrogen-bond acceptors (Lipinski definition) is 5. The van der Waals surface area contributed by atoms with E-state index in [0.717, 1.165) is 0 Å². The first kappa shape index (κ1) is 20.8. The van der Waals surface area contributed by atoms with E-state index in [2.05, 4.69) is 10.6 Å². The van der Waals surface area contributed by atoms with E-state index < -0.39 is 35.5 Å². The van der Waals surface area contributed by atoms with E-state index in [4.69, 9.17) is 11.6 Å². The molecule has 4 rings (SSSR count). The van der Waals surface area contributed by atoms with E-state index in [0.29, 0.717) is 0 Å². The number of rotatable bonds is 4. The van der Waals surface area contributed by atoms with Crippen LogP contribution >= 0.6 is 11.6 Å². The number of carbonyl (C=O) groups excluding carboxylic acids is 4. The van der Waals surface area contributed by atoms with Crippen molar-refractivity contribution >= 4 is 35.2 Å². The minimum absolute atomic E-state index is 0.0981. The van der Waals surface area contributed by atoms with E-state index in [1.54, 1.807) is 0 Å². The number of nitrogens with zero attached hydrogens (tertiary/aromatic N) is 1. The van der Waals surface area contributed by atoms with Gasteiger partial charge < -0.3 is 15.3 Å². The number of halogens is 2. The first-order valence-electron chi connectivity index (χ1n) is 9.48. The summed E-state index contributed by atoms with van der Waals surface area (Å²) in [6.45, 7) is -0.243. The van der Waals surface area contributed by atoms with Crippen LogP contribution in [0.3, 0.4) is 0 Å². The maximum absolute atomic E-state index is 15.1. The highest BCUT2D eigenvalue weighted by atomic mass is 35.5. The predicted octanol–water partition coefficient (Wildman–Crippen LogP) is 1.88. The second kappa shape index (κ2) is 7.99. The molecule has 10 heteroatoms. The monoisotopic (exact) mass is 445 g/mol. The van der Waals surface area contributed by atoms with Crippen LogP contribution in [0.1, 0.15) is 44.7 Å². The molecule has 0 aromatic heterocycles. The van der Waals surface area contributed by atoms with Crippen LogP contribution in [0.25, 0.3) is 0 Å². The van der Waals surface area contributed by atoms with Crippen molar-refractivity contribution in [2.45, 2.75) is 32.0 Å². The minimum Gasteiger partial charge on any atom is -0.506 e. The lowest BCUT2D eigenvalue weighted by Crippen LogP contribution is -2.52. The van der Waals surface area contributed by atoms with Gasteiger partial charge in [0.1, 0.15) is 17.6 Å². The number of fused-ring (bicyclic) bond motifs is 1. The third-order valence-electron chi connectivity index (χ3n) is 5.38. The summed E-state index contributed by atoms with van der Waals surface area (Å²) in [6.07, 6.45) is 0.291. The quantitative estimate of drug-likeness (QED) is 0.621. The Labute approximate surface area is 181 Å². The van der Waals surface area contributed by atoms with Gasteiger partial charge in [-0.1, -0.05) is 17.7 Å². The van der Waals surface area contributed by atoms with Crippen molar-refractivity contribution in [1.82, 2.24) is 15.5 Å². The zero-order valence-electron chi connectivity index (χ0n) is 16.1. The molecule has 0 saturated carbocycles. The molecule has 2 aliphatic rings. The Bertz CT molecular complexity index is 1140. The third-order valence-corrected chi connectivity index (χ3v) is 5.70. The molecule has 0 radical (unpaired) electrons. The summed E-state index contributed by atoms with van der Waals surface area (Å²) in [5.74, 6) is -2.87. The number of imide groups is 1. The van der Waals surface area contributed by atoms with Crippen LogP contribution in [0.2, 0.25) is 5.02 Å². The number of piperidine rings is 1.